The molecule has 156 valence electrons. The Morgan fingerprint density at radius 2 is 1.79 bits per heavy atom. The number of rotatable bonds is 6. The Balaban J connectivity index is 1.90. The van der Waals surface area contributed by atoms with Gasteiger partial charge >= 0.3 is 0 Å². The molecule has 3 rings (SSSR count). The molecule has 0 unspecified atom stereocenters. The van der Waals surface area contributed by atoms with Gasteiger partial charge in [0.05, 0.1) is 7.11 Å². The predicted octanol–water partition coefficient (Wildman–Crippen LogP) is 4.23. The fraction of sp³-hybridized carbons (Fsp3) is 0.381. The summed E-state index contributed by atoms with van der Waals surface area (Å²) in [4.78, 5) is 13.8. The zero-order valence-electron chi connectivity index (χ0n) is 16.7. The number of carbonyl (C=O) groups excluding carboxylic acids is 1. The second kappa shape index (κ2) is 9.65. The molecule has 1 heterocycles. The van der Waals surface area contributed by atoms with Crippen LogP contribution in [0.25, 0.3) is 0 Å². The Kier molecular flexibility index (Phi) is 7.21. The molecule has 1 aliphatic rings. The number of benzene rings is 2. The summed E-state index contributed by atoms with van der Waals surface area (Å²) < 4.78 is 33.3. The lowest BCUT2D eigenvalue weighted by Gasteiger charge is -2.21. The van der Waals surface area contributed by atoms with Crippen molar-refractivity contribution < 1.29 is 17.9 Å². The van der Waals surface area contributed by atoms with Crippen LogP contribution >= 0.6 is 11.8 Å². The quantitative estimate of drug-likeness (QED) is 0.689. The van der Waals surface area contributed by atoms with Crippen LogP contribution in [0.2, 0.25) is 0 Å². The van der Waals surface area contributed by atoms with E-state index in [2.05, 4.69) is 5.32 Å². The van der Waals surface area contributed by atoms with Crippen LogP contribution in [0.15, 0.2) is 52.3 Å². The number of hydrogen-bond donors (Lipinski definition) is 1. The molecule has 0 aliphatic carbocycles. The number of sulfonamides is 1. The summed E-state index contributed by atoms with van der Waals surface area (Å²) in [6.45, 7) is 0.979. The van der Waals surface area contributed by atoms with Crippen molar-refractivity contribution in [3.8, 4) is 5.75 Å². The summed E-state index contributed by atoms with van der Waals surface area (Å²) >= 11 is 1.58. The highest BCUT2D eigenvalue weighted by Gasteiger charge is 2.29. The van der Waals surface area contributed by atoms with Crippen LogP contribution in [0.3, 0.4) is 0 Å². The number of anilines is 1. The smallest absolute Gasteiger partial charge is 0.255 e. The van der Waals surface area contributed by atoms with Gasteiger partial charge in [0, 0.05) is 29.2 Å². The van der Waals surface area contributed by atoms with Gasteiger partial charge in [0.15, 0.2) is 0 Å². The first-order chi connectivity index (χ1) is 14.0. The van der Waals surface area contributed by atoms with E-state index in [9.17, 15) is 13.2 Å². The standard InChI is InChI=1S/C21H26N2O4S2/c1-27-19-11-10-16(21(24)22-17-8-7-9-18(15-17)28-2)14-20(19)29(25,26)23-12-5-3-4-6-13-23/h7-11,14-15H,3-6,12-13H2,1-2H3,(H,22,24). The fourth-order valence-corrected chi connectivity index (χ4v) is 5.50. The number of amides is 1. The highest BCUT2D eigenvalue weighted by Crippen LogP contribution is 2.30. The number of nitrogens with zero attached hydrogens (tertiary/aromatic N) is 1. The molecule has 0 spiro atoms. The van der Waals surface area contributed by atoms with Crippen molar-refractivity contribution >= 4 is 33.4 Å². The topological polar surface area (TPSA) is 75.7 Å². The SMILES string of the molecule is COc1ccc(C(=O)Nc2cccc(SC)c2)cc1S(=O)(=O)N1CCCCCC1. The van der Waals surface area contributed by atoms with E-state index in [1.807, 2.05) is 24.5 Å². The van der Waals surface area contributed by atoms with Crippen molar-refractivity contribution in [2.24, 2.45) is 0 Å². The second-order valence-electron chi connectivity index (χ2n) is 6.87. The molecule has 0 saturated carbocycles. The predicted molar refractivity (Wildman–Crippen MR) is 116 cm³/mol. The lowest BCUT2D eigenvalue weighted by molar-refractivity contribution is 0.102. The summed E-state index contributed by atoms with van der Waals surface area (Å²) in [5, 5.41) is 2.84. The van der Waals surface area contributed by atoms with E-state index in [0.29, 0.717) is 18.8 Å². The summed E-state index contributed by atoms with van der Waals surface area (Å²) in [6.07, 6.45) is 5.70. The molecular formula is C21H26N2O4S2. The van der Waals surface area contributed by atoms with Gasteiger partial charge in [-0.1, -0.05) is 18.9 Å². The molecule has 8 heteroatoms. The van der Waals surface area contributed by atoms with Crippen LogP contribution in [-0.2, 0) is 10.0 Å². The zero-order chi connectivity index (χ0) is 20.9. The van der Waals surface area contributed by atoms with Crippen molar-refractivity contribution in [2.45, 2.75) is 35.5 Å². The van der Waals surface area contributed by atoms with Gasteiger partial charge < -0.3 is 10.1 Å². The number of methoxy groups -OCH3 is 1. The Morgan fingerprint density at radius 1 is 1.07 bits per heavy atom. The van der Waals surface area contributed by atoms with Gasteiger partial charge in [-0.05, 0) is 55.5 Å². The largest absolute Gasteiger partial charge is 0.495 e. The molecule has 2 aromatic rings. The molecule has 1 N–H and O–H groups in total. The number of ether oxygens (including phenoxy) is 1. The first kappa shape index (κ1) is 21.7. The third-order valence-corrected chi connectivity index (χ3v) is 7.58. The van der Waals surface area contributed by atoms with E-state index in [1.165, 1.54) is 23.5 Å². The van der Waals surface area contributed by atoms with Gasteiger partial charge in [0.25, 0.3) is 5.91 Å². The highest BCUT2D eigenvalue weighted by molar-refractivity contribution is 7.98. The molecule has 0 radical (unpaired) electrons. The number of carbonyl (C=O) groups is 1. The number of nitrogens with one attached hydrogen (secondary N) is 1. The first-order valence-corrected chi connectivity index (χ1v) is 12.3. The molecule has 0 atom stereocenters. The van der Waals surface area contributed by atoms with E-state index in [4.69, 9.17) is 4.74 Å². The maximum Gasteiger partial charge on any atom is 0.255 e. The minimum Gasteiger partial charge on any atom is -0.495 e. The normalized spacial score (nSPS) is 15.5. The summed E-state index contributed by atoms with van der Waals surface area (Å²) in [5.74, 6) is -0.117. The molecule has 1 amide bonds. The Bertz CT molecular complexity index is 968. The lowest BCUT2D eigenvalue weighted by Crippen LogP contribution is -2.32. The van der Waals surface area contributed by atoms with Crippen molar-refractivity contribution in [3.63, 3.8) is 0 Å². The molecular weight excluding hydrogens is 408 g/mol. The van der Waals surface area contributed by atoms with Crippen LogP contribution in [-0.4, -0.2) is 45.1 Å². The molecule has 0 bridgehead atoms. The van der Waals surface area contributed by atoms with E-state index in [0.717, 1.165) is 30.6 Å². The monoisotopic (exact) mass is 434 g/mol. The van der Waals surface area contributed by atoms with Gasteiger partial charge in [0.2, 0.25) is 10.0 Å². The summed E-state index contributed by atoms with van der Waals surface area (Å²) in [6, 6.07) is 12.0. The van der Waals surface area contributed by atoms with Crippen LogP contribution in [0.4, 0.5) is 5.69 Å². The number of hydrogen-bond acceptors (Lipinski definition) is 5. The average molecular weight is 435 g/mol. The van der Waals surface area contributed by atoms with Crippen molar-refractivity contribution in [1.29, 1.82) is 0 Å². The van der Waals surface area contributed by atoms with Gasteiger partial charge in [0.1, 0.15) is 10.6 Å². The third-order valence-electron chi connectivity index (χ3n) is 4.94. The zero-order valence-corrected chi connectivity index (χ0v) is 18.3. The van der Waals surface area contributed by atoms with Crippen molar-refractivity contribution in [2.75, 3.05) is 31.8 Å². The lowest BCUT2D eigenvalue weighted by atomic mass is 10.2. The molecule has 1 saturated heterocycles. The maximum atomic E-state index is 13.2. The molecule has 6 nitrogen and oxygen atoms in total. The number of thioether (sulfide) groups is 1. The molecule has 1 fully saturated rings. The highest BCUT2D eigenvalue weighted by atomic mass is 32.2. The second-order valence-corrected chi connectivity index (χ2v) is 9.66. The average Bonchev–Trinajstić information content (AvgIpc) is 3.03. The Labute approximate surface area is 176 Å². The third kappa shape index (κ3) is 5.12. The fourth-order valence-electron chi connectivity index (χ4n) is 3.34. The summed E-state index contributed by atoms with van der Waals surface area (Å²) in [5.41, 5.74) is 0.934. The Hall–Kier alpha value is -2.03. The van der Waals surface area contributed by atoms with E-state index < -0.39 is 10.0 Å². The summed E-state index contributed by atoms with van der Waals surface area (Å²) in [7, 11) is -2.31. The van der Waals surface area contributed by atoms with E-state index in [-0.39, 0.29) is 22.1 Å². The molecule has 29 heavy (non-hydrogen) atoms. The minimum absolute atomic E-state index is 0.0346. The van der Waals surface area contributed by atoms with Crippen LogP contribution in [0.5, 0.6) is 5.75 Å². The van der Waals surface area contributed by atoms with Gasteiger partial charge in [-0.3, -0.25) is 4.79 Å². The molecule has 2 aromatic carbocycles. The van der Waals surface area contributed by atoms with Crippen molar-refractivity contribution in [1.82, 2.24) is 4.31 Å². The van der Waals surface area contributed by atoms with Crippen LogP contribution in [0.1, 0.15) is 36.0 Å². The van der Waals surface area contributed by atoms with Crippen LogP contribution in [0, 0.1) is 0 Å². The van der Waals surface area contributed by atoms with Gasteiger partial charge in [-0.15, -0.1) is 11.8 Å². The molecule has 1 aliphatic heterocycles. The first-order valence-electron chi connectivity index (χ1n) is 9.59. The van der Waals surface area contributed by atoms with Gasteiger partial charge in [-0.25, -0.2) is 8.42 Å². The van der Waals surface area contributed by atoms with Crippen LogP contribution < -0.4 is 10.1 Å². The molecule has 0 aromatic heterocycles. The maximum absolute atomic E-state index is 13.2. The van der Waals surface area contributed by atoms with Gasteiger partial charge in [-0.2, -0.15) is 4.31 Å². The van der Waals surface area contributed by atoms with Crippen molar-refractivity contribution in [3.05, 3.63) is 48.0 Å². The Morgan fingerprint density at radius 3 is 2.45 bits per heavy atom. The van der Waals surface area contributed by atoms with E-state index >= 15 is 0 Å². The minimum atomic E-state index is -3.74. The van der Waals surface area contributed by atoms with E-state index in [1.54, 1.807) is 23.9 Å².